The first-order valence-electron chi connectivity index (χ1n) is 12.7. The van der Waals surface area contributed by atoms with Gasteiger partial charge in [0.1, 0.15) is 11.6 Å². The molecule has 7 nitrogen and oxygen atoms in total. The molecule has 3 aromatic rings. The molecular formula is C30H38N4O3S. The summed E-state index contributed by atoms with van der Waals surface area (Å²) in [5.41, 5.74) is 7.05. The molecule has 0 saturated carbocycles. The van der Waals surface area contributed by atoms with Crippen LogP contribution in [0.15, 0.2) is 72.8 Å². The zero-order valence-corrected chi connectivity index (χ0v) is 23.6. The molecule has 3 aromatic carbocycles. The number of nitrogens with zero attached hydrogens (tertiary/aromatic N) is 2. The number of nitrogens with one attached hydrogen (secondary N) is 1. The van der Waals surface area contributed by atoms with Crippen molar-refractivity contribution in [1.82, 2.24) is 15.1 Å². The van der Waals surface area contributed by atoms with E-state index in [1.54, 1.807) is 19.0 Å². The van der Waals surface area contributed by atoms with Gasteiger partial charge in [-0.3, -0.25) is 9.69 Å². The molecule has 0 unspecified atom stereocenters. The lowest BCUT2D eigenvalue weighted by molar-refractivity contribution is -0.137. The lowest BCUT2D eigenvalue weighted by Crippen LogP contribution is -2.55. The zero-order valence-electron chi connectivity index (χ0n) is 22.8. The van der Waals surface area contributed by atoms with Crippen molar-refractivity contribution in [3.05, 3.63) is 83.9 Å². The van der Waals surface area contributed by atoms with Gasteiger partial charge in [0, 0.05) is 27.1 Å². The molecule has 0 fully saturated rings. The average Bonchev–Trinajstić information content (AvgIpc) is 2.88. The number of likely N-dealkylation sites (N-methyl/N-ethyl adjacent to an activating group) is 2. The van der Waals surface area contributed by atoms with Crippen molar-refractivity contribution in [2.24, 2.45) is 5.73 Å². The van der Waals surface area contributed by atoms with Crippen LogP contribution in [-0.4, -0.2) is 65.2 Å². The first kappa shape index (κ1) is 28.9. The van der Waals surface area contributed by atoms with Gasteiger partial charge in [0.05, 0.1) is 6.04 Å². The van der Waals surface area contributed by atoms with Crippen molar-refractivity contribution in [2.75, 3.05) is 20.6 Å². The summed E-state index contributed by atoms with van der Waals surface area (Å²) in [6, 6.07) is 23.1. The number of carbonyl (C=O) groups excluding carboxylic acids is 2. The van der Waals surface area contributed by atoms with Gasteiger partial charge in [-0.15, -0.1) is 0 Å². The summed E-state index contributed by atoms with van der Waals surface area (Å²) in [4.78, 5) is 30.3. The molecule has 202 valence electrons. The summed E-state index contributed by atoms with van der Waals surface area (Å²) >= 11 is 5.03. The van der Waals surface area contributed by atoms with E-state index in [-0.39, 0.29) is 17.1 Å². The van der Waals surface area contributed by atoms with Crippen molar-refractivity contribution in [3.63, 3.8) is 0 Å². The van der Waals surface area contributed by atoms with Gasteiger partial charge in [0.25, 0.3) is 0 Å². The van der Waals surface area contributed by atoms with E-state index in [1.165, 1.54) is 4.90 Å². The fraction of sp³-hybridized carbons (Fsp3) is 0.367. The van der Waals surface area contributed by atoms with Crippen LogP contribution >= 0.6 is 12.2 Å². The number of ether oxygens (including phenoxy) is 1. The molecule has 38 heavy (non-hydrogen) atoms. The summed E-state index contributed by atoms with van der Waals surface area (Å²) in [6.45, 7) is 5.80. The van der Waals surface area contributed by atoms with Gasteiger partial charge in [0.2, 0.25) is 5.91 Å². The highest BCUT2D eigenvalue weighted by atomic mass is 32.1. The predicted octanol–water partition coefficient (Wildman–Crippen LogP) is 4.52. The Morgan fingerprint density at radius 3 is 2.16 bits per heavy atom. The highest BCUT2D eigenvalue weighted by Crippen LogP contribution is 2.21. The maximum absolute atomic E-state index is 14.1. The number of fused-ring (bicyclic) bond motifs is 1. The van der Waals surface area contributed by atoms with Crippen LogP contribution in [0.1, 0.15) is 31.9 Å². The molecule has 3 rings (SSSR count). The second-order valence-electron chi connectivity index (χ2n) is 10.5. The van der Waals surface area contributed by atoms with Crippen molar-refractivity contribution in [1.29, 1.82) is 0 Å². The number of hydrogen-bond acceptors (Lipinski definition) is 4. The summed E-state index contributed by atoms with van der Waals surface area (Å²) in [7, 11) is 3.37. The minimum atomic E-state index is -0.779. The Hall–Kier alpha value is -3.65. The van der Waals surface area contributed by atoms with E-state index in [1.807, 2.05) is 87.5 Å². The number of carbonyl (C=O) groups is 2. The number of nitrogens with two attached hydrogens (primary N) is 1. The van der Waals surface area contributed by atoms with Crippen LogP contribution in [-0.2, 0) is 22.4 Å². The maximum atomic E-state index is 14.1. The molecule has 0 aliphatic rings. The molecule has 2 atom stereocenters. The van der Waals surface area contributed by atoms with Crippen molar-refractivity contribution >= 4 is 40.1 Å². The van der Waals surface area contributed by atoms with Crippen LogP contribution in [0.2, 0.25) is 0 Å². The number of amides is 2. The molecule has 0 heterocycles. The van der Waals surface area contributed by atoms with Gasteiger partial charge in [-0.2, -0.15) is 0 Å². The summed E-state index contributed by atoms with van der Waals surface area (Å²) < 4.78 is 5.62. The van der Waals surface area contributed by atoms with Gasteiger partial charge in [-0.05, 0) is 61.3 Å². The van der Waals surface area contributed by atoms with E-state index in [9.17, 15) is 9.59 Å². The fourth-order valence-electron chi connectivity index (χ4n) is 4.31. The Labute approximate surface area is 230 Å². The Balaban J connectivity index is 1.92. The molecule has 0 spiro atoms. The van der Waals surface area contributed by atoms with Gasteiger partial charge in [0.15, 0.2) is 5.11 Å². The van der Waals surface area contributed by atoms with E-state index < -0.39 is 17.7 Å². The zero-order chi connectivity index (χ0) is 27.9. The second kappa shape index (κ2) is 12.7. The quantitative estimate of drug-likeness (QED) is 0.393. The second-order valence-corrected chi connectivity index (χ2v) is 11.0. The summed E-state index contributed by atoms with van der Waals surface area (Å²) in [5, 5.41) is 5.36. The molecule has 0 saturated heterocycles. The predicted molar refractivity (Wildman–Crippen MR) is 157 cm³/mol. The van der Waals surface area contributed by atoms with Gasteiger partial charge < -0.3 is 20.7 Å². The van der Waals surface area contributed by atoms with Crippen LogP contribution < -0.4 is 11.1 Å². The SMILES string of the molecule is CN(C(=O)[C@@H](Cc1ccc2ccccc2c1)N(C)C(=O)OC(C)(C)C)[C@@H](CNC(N)=S)Cc1ccccc1. The van der Waals surface area contributed by atoms with Crippen molar-refractivity contribution in [3.8, 4) is 0 Å². The van der Waals surface area contributed by atoms with Crippen LogP contribution in [0, 0.1) is 0 Å². The van der Waals surface area contributed by atoms with Gasteiger partial charge in [-0.25, -0.2) is 4.79 Å². The topological polar surface area (TPSA) is 87.9 Å². The van der Waals surface area contributed by atoms with E-state index in [4.69, 9.17) is 22.7 Å². The third-order valence-corrected chi connectivity index (χ3v) is 6.54. The average molecular weight is 535 g/mol. The molecule has 0 aliphatic heterocycles. The molecule has 8 heteroatoms. The van der Waals surface area contributed by atoms with Gasteiger partial charge >= 0.3 is 6.09 Å². The molecule has 2 amide bonds. The summed E-state index contributed by atoms with van der Waals surface area (Å²) in [5.74, 6) is -0.197. The summed E-state index contributed by atoms with van der Waals surface area (Å²) in [6.07, 6.45) is 0.383. The maximum Gasteiger partial charge on any atom is 0.410 e. The largest absolute Gasteiger partial charge is 0.444 e. The highest BCUT2D eigenvalue weighted by Gasteiger charge is 2.34. The molecule has 3 N–H and O–H groups in total. The minimum Gasteiger partial charge on any atom is -0.444 e. The first-order valence-corrected chi connectivity index (χ1v) is 13.1. The third kappa shape index (κ3) is 8.18. The van der Waals surface area contributed by atoms with Crippen molar-refractivity contribution < 1.29 is 14.3 Å². The number of rotatable bonds is 9. The Kier molecular flexibility index (Phi) is 9.69. The van der Waals surface area contributed by atoms with E-state index in [2.05, 4.69) is 11.4 Å². The minimum absolute atomic E-state index is 0.169. The third-order valence-electron chi connectivity index (χ3n) is 6.40. The van der Waals surface area contributed by atoms with Crippen LogP contribution in [0.4, 0.5) is 4.79 Å². The molecule has 0 bridgehead atoms. The van der Waals surface area contributed by atoms with Crippen molar-refractivity contribution in [2.45, 2.75) is 51.3 Å². The fourth-order valence-corrected chi connectivity index (χ4v) is 4.39. The van der Waals surface area contributed by atoms with Crippen LogP contribution in [0.5, 0.6) is 0 Å². The van der Waals surface area contributed by atoms with Crippen LogP contribution in [0.25, 0.3) is 10.8 Å². The molecule has 0 aliphatic carbocycles. The highest BCUT2D eigenvalue weighted by molar-refractivity contribution is 7.80. The molecular weight excluding hydrogens is 496 g/mol. The number of benzene rings is 3. The first-order chi connectivity index (χ1) is 17.9. The Bertz CT molecular complexity index is 1260. The van der Waals surface area contributed by atoms with Gasteiger partial charge in [-0.1, -0.05) is 72.8 Å². The Morgan fingerprint density at radius 2 is 1.53 bits per heavy atom. The van der Waals surface area contributed by atoms with Crippen LogP contribution in [0.3, 0.4) is 0 Å². The molecule has 0 radical (unpaired) electrons. The normalized spacial score (nSPS) is 12.9. The molecule has 0 aromatic heterocycles. The van der Waals surface area contributed by atoms with E-state index >= 15 is 0 Å². The van der Waals surface area contributed by atoms with E-state index in [0.29, 0.717) is 19.4 Å². The smallest absolute Gasteiger partial charge is 0.410 e. The lowest BCUT2D eigenvalue weighted by Gasteiger charge is -2.36. The number of thiocarbonyl (C=S) groups is 1. The standard InChI is InChI=1S/C30H38N4O3S/c1-30(2,3)37-29(36)34(5)26(19-22-15-16-23-13-9-10-14-24(23)17-22)27(35)33(4)25(20-32-28(31)38)18-21-11-7-6-8-12-21/h6-17,25-26H,18-20H2,1-5H3,(H3,31,32,38)/t25-,26-/m1/s1. The Morgan fingerprint density at radius 1 is 0.895 bits per heavy atom. The number of hydrogen-bond donors (Lipinski definition) is 2. The van der Waals surface area contributed by atoms with E-state index in [0.717, 1.165) is 21.9 Å². The monoisotopic (exact) mass is 534 g/mol. The lowest BCUT2D eigenvalue weighted by atomic mass is 9.99.